The summed E-state index contributed by atoms with van der Waals surface area (Å²) < 4.78 is 10.6. The zero-order valence-electron chi connectivity index (χ0n) is 11.1. The van der Waals surface area contributed by atoms with Crippen molar-refractivity contribution in [2.75, 3.05) is 27.2 Å². The zero-order chi connectivity index (χ0) is 13.5. The molecular formula is C15H17N2O2+. The lowest BCUT2D eigenvalue weighted by Gasteiger charge is -1.98. The van der Waals surface area contributed by atoms with Gasteiger partial charge in [-0.3, -0.25) is 0 Å². The summed E-state index contributed by atoms with van der Waals surface area (Å²) in [6.07, 6.45) is 0. The smallest absolute Gasteiger partial charge is 0.255 e. The molecule has 0 atom stereocenters. The van der Waals surface area contributed by atoms with Gasteiger partial charge < -0.3 is 14.2 Å². The van der Waals surface area contributed by atoms with E-state index in [4.69, 9.17) is 9.26 Å². The molecule has 4 nitrogen and oxygen atoms in total. The second-order valence-corrected chi connectivity index (χ2v) is 4.42. The first-order chi connectivity index (χ1) is 9.25. The fourth-order valence-corrected chi connectivity index (χ4v) is 1.47. The molecule has 19 heavy (non-hydrogen) atoms. The highest BCUT2D eigenvalue weighted by atomic mass is 16.5. The Labute approximate surface area is 113 Å². The number of nitrogens with one attached hydrogen (secondary N) is 1. The Hall–Kier alpha value is -2.25. The van der Waals surface area contributed by atoms with Crippen LogP contribution >= 0.6 is 0 Å². The van der Waals surface area contributed by atoms with Crippen LogP contribution in [-0.4, -0.2) is 32.4 Å². The molecule has 0 radical (unpaired) electrons. The summed E-state index contributed by atoms with van der Waals surface area (Å²) in [5.41, 5.74) is 0.979. The van der Waals surface area contributed by atoms with Crippen molar-refractivity contribution in [3.8, 4) is 29.0 Å². The number of ether oxygens (including phenoxy) is 1. The molecule has 0 saturated heterocycles. The highest BCUT2D eigenvalue weighted by Crippen LogP contribution is 2.22. The molecule has 0 bridgehead atoms. The highest BCUT2D eigenvalue weighted by molar-refractivity contribution is 5.57. The fourth-order valence-electron chi connectivity index (χ4n) is 1.47. The predicted octanol–water partition coefficient (Wildman–Crippen LogP) is 0.868. The number of rotatable bonds is 4. The molecular weight excluding hydrogens is 240 g/mol. The van der Waals surface area contributed by atoms with Crippen LogP contribution in [0.15, 0.2) is 40.9 Å². The van der Waals surface area contributed by atoms with Crippen molar-refractivity contribution in [1.82, 2.24) is 5.16 Å². The van der Waals surface area contributed by atoms with Gasteiger partial charge in [0, 0.05) is 11.6 Å². The van der Waals surface area contributed by atoms with Gasteiger partial charge in [0.25, 0.3) is 5.88 Å². The van der Waals surface area contributed by atoms with E-state index in [0.717, 1.165) is 12.1 Å². The van der Waals surface area contributed by atoms with Crippen LogP contribution in [0.4, 0.5) is 0 Å². The number of benzene rings is 1. The number of aromatic nitrogens is 1. The summed E-state index contributed by atoms with van der Waals surface area (Å²) in [7, 11) is 4.11. The van der Waals surface area contributed by atoms with Crippen LogP contribution in [0.5, 0.6) is 5.88 Å². The Balaban J connectivity index is 1.89. The van der Waals surface area contributed by atoms with E-state index in [-0.39, 0.29) is 0 Å². The first kappa shape index (κ1) is 13.2. The van der Waals surface area contributed by atoms with Crippen molar-refractivity contribution < 1.29 is 14.2 Å². The number of quaternary nitrogens is 1. The molecule has 98 valence electrons. The van der Waals surface area contributed by atoms with E-state index in [1.54, 1.807) is 6.07 Å². The van der Waals surface area contributed by atoms with Gasteiger partial charge in [0.05, 0.1) is 14.1 Å². The maximum absolute atomic E-state index is 5.40. The van der Waals surface area contributed by atoms with Gasteiger partial charge in [-0.15, -0.1) is 0 Å². The Kier molecular flexibility index (Phi) is 4.60. The summed E-state index contributed by atoms with van der Waals surface area (Å²) in [6, 6.07) is 11.6. The second kappa shape index (κ2) is 6.62. The molecule has 1 aromatic heterocycles. The molecule has 1 N–H and O–H groups in total. The van der Waals surface area contributed by atoms with Crippen LogP contribution < -0.4 is 9.64 Å². The molecule has 0 saturated carbocycles. The van der Waals surface area contributed by atoms with Gasteiger partial charge in [0.1, 0.15) is 6.54 Å². The van der Waals surface area contributed by atoms with E-state index < -0.39 is 0 Å². The summed E-state index contributed by atoms with van der Waals surface area (Å²) >= 11 is 0. The Morgan fingerprint density at radius 1 is 1.21 bits per heavy atom. The third-order valence-electron chi connectivity index (χ3n) is 2.41. The molecule has 0 fully saturated rings. The summed E-state index contributed by atoms with van der Waals surface area (Å²) in [5, 5.41) is 3.86. The van der Waals surface area contributed by atoms with Gasteiger partial charge in [-0.25, -0.2) is 0 Å². The topological polar surface area (TPSA) is 39.7 Å². The third-order valence-corrected chi connectivity index (χ3v) is 2.41. The van der Waals surface area contributed by atoms with Gasteiger partial charge in [-0.1, -0.05) is 36.3 Å². The highest BCUT2D eigenvalue weighted by Gasteiger charge is 2.06. The average molecular weight is 257 g/mol. The molecule has 0 unspecified atom stereocenters. The van der Waals surface area contributed by atoms with E-state index >= 15 is 0 Å². The normalized spacial score (nSPS) is 10.1. The summed E-state index contributed by atoms with van der Waals surface area (Å²) in [5.74, 6) is 7.12. The van der Waals surface area contributed by atoms with Crippen LogP contribution in [0.3, 0.4) is 0 Å². The van der Waals surface area contributed by atoms with Crippen molar-refractivity contribution >= 4 is 0 Å². The van der Waals surface area contributed by atoms with Crippen molar-refractivity contribution in [3.05, 3.63) is 36.4 Å². The van der Waals surface area contributed by atoms with Crippen molar-refractivity contribution in [3.63, 3.8) is 0 Å². The third kappa shape index (κ3) is 4.16. The van der Waals surface area contributed by atoms with Gasteiger partial charge >= 0.3 is 0 Å². The minimum Gasteiger partial charge on any atom is -0.462 e. The van der Waals surface area contributed by atoms with E-state index in [1.807, 2.05) is 30.3 Å². The maximum Gasteiger partial charge on any atom is 0.255 e. The lowest BCUT2D eigenvalue weighted by molar-refractivity contribution is -0.850. The fraction of sp³-hybridized carbons (Fsp3) is 0.267. The van der Waals surface area contributed by atoms with Gasteiger partial charge in [0.15, 0.2) is 12.4 Å². The van der Waals surface area contributed by atoms with Crippen molar-refractivity contribution in [2.45, 2.75) is 0 Å². The molecule has 0 amide bonds. The average Bonchev–Trinajstić information content (AvgIpc) is 2.88. The molecule has 0 aliphatic rings. The van der Waals surface area contributed by atoms with Gasteiger partial charge in [-0.2, -0.15) is 0 Å². The van der Waals surface area contributed by atoms with E-state index in [1.165, 1.54) is 4.90 Å². The molecule has 1 aromatic carbocycles. The predicted molar refractivity (Wildman–Crippen MR) is 72.9 cm³/mol. The van der Waals surface area contributed by atoms with Crippen molar-refractivity contribution in [2.24, 2.45) is 0 Å². The monoisotopic (exact) mass is 257 g/mol. The quantitative estimate of drug-likeness (QED) is 0.826. The van der Waals surface area contributed by atoms with Gasteiger partial charge in [-0.05, 0) is 11.1 Å². The van der Waals surface area contributed by atoms with Crippen LogP contribution in [0.25, 0.3) is 11.3 Å². The lowest BCUT2D eigenvalue weighted by atomic mass is 10.2. The Bertz CT molecular complexity index is 565. The zero-order valence-corrected chi connectivity index (χ0v) is 11.1. The van der Waals surface area contributed by atoms with E-state index in [2.05, 4.69) is 31.1 Å². The first-order valence-corrected chi connectivity index (χ1v) is 6.15. The summed E-state index contributed by atoms with van der Waals surface area (Å²) in [6.45, 7) is 1.13. The van der Waals surface area contributed by atoms with Crippen LogP contribution in [0, 0.1) is 11.8 Å². The second-order valence-electron chi connectivity index (χ2n) is 4.42. The van der Waals surface area contributed by atoms with Crippen LogP contribution in [-0.2, 0) is 0 Å². The molecule has 4 heteroatoms. The summed E-state index contributed by atoms with van der Waals surface area (Å²) in [4.78, 5) is 1.29. The first-order valence-electron chi connectivity index (χ1n) is 6.15. The lowest BCUT2D eigenvalue weighted by Crippen LogP contribution is -3.05. The van der Waals surface area contributed by atoms with Crippen molar-refractivity contribution in [1.29, 1.82) is 0 Å². The molecule has 0 aliphatic heterocycles. The molecule has 0 aliphatic carbocycles. The van der Waals surface area contributed by atoms with E-state index in [0.29, 0.717) is 18.2 Å². The molecule has 1 heterocycles. The largest absolute Gasteiger partial charge is 0.462 e. The minimum absolute atomic E-state index is 0.327. The number of nitrogens with zero attached hydrogens (tertiary/aromatic N) is 1. The molecule has 0 spiro atoms. The SMILES string of the molecule is C[NH+](C)CC#CCOc1cc(-c2ccccc2)on1. The Morgan fingerprint density at radius 2 is 2.00 bits per heavy atom. The maximum atomic E-state index is 5.40. The number of hydrogen-bond acceptors (Lipinski definition) is 3. The van der Waals surface area contributed by atoms with Crippen LogP contribution in [0.2, 0.25) is 0 Å². The molecule has 2 rings (SSSR count). The number of hydrogen-bond donors (Lipinski definition) is 1. The minimum atomic E-state index is 0.327. The van der Waals surface area contributed by atoms with E-state index in [9.17, 15) is 0 Å². The molecule has 2 aromatic rings. The Morgan fingerprint density at radius 3 is 2.74 bits per heavy atom. The van der Waals surface area contributed by atoms with Gasteiger partial charge in [0.2, 0.25) is 0 Å². The van der Waals surface area contributed by atoms with Crippen LogP contribution in [0.1, 0.15) is 0 Å². The standard InChI is InChI=1S/C15H16N2O2/c1-17(2)10-6-7-11-18-15-12-14(19-16-15)13-8-4-3-5-9-13/h3-5,8-9,12H,10-11H2,1-2H3/p+1.